The molecule has 0 amide bonds. The predicted octanol–water partition coefficient (Wildman–Crippen LogP) is 5.28. The Morgan fingerprint density at radius 1 is 0.966 bits per heavy atom. The first-order valence-electron chi connectivity index (χ1n) is 10.5. The highest BCUT2D eigenvalue weighted by Gasteiger charge is 2.24. The molecule has 5 rings (SSSR count). The van der Waals surface area contributed by atoms with E-state index in [0.717, 1.165) is 44.8 Å². The number of pyridine rings is 1. The molecule has 0 bridgehead atoms. The molecule has 1 saturated heterocycles. The lowest BCUT2D eigenvalue weighted by Crippen LogP contribution is -2.36. The lowest BCUT2D eigenvalue weighted by atomic mass is 9.99. The predicted molar refractivity (Wildman–Crippen MR) is 121 cm³/mol. The summed E-state index contributed by atoms with van der Waals surface area (Å²) < 4.78 is 5.50. The maximum atomic E-state index is 5.50. The molecule has 146 valence electrons. The number of morpholine rings is 1. The van der Waals surface area contributed by atoms with Crippen molar-refractivity contribution in [3.63, 3.8) is 0 Å². The molecule has 1 fully saturated rings. The van der Waals surface area contributed by atoms with Gasteiger partial charge in [-0.1, -0.05) is 42.5 Å². The second-order valence-electron chi connectivity index (χ2n) is 7.83. The number of aromatic nitrogens is 1. The van der Waals surface area contributed by atoms with Crippen LogP contribution in [0.4, 0.5) is 0 Å². The average Bonchev–Trinajstić information content (AvgIpc) is 3.04. The fourth-order valence-corrected chi connectivity index (χ4v) is 4.55. The molecule has 29 heavy (non-hydrogen) atoms. The van der Waals surface area contributed by atoms with Crippen molar-refractivity contribution in [2.45, 2.75) is 13.3 Å². The highest BCUT2D eigenvalue weighted by Crippen LogP contribution is 2.43. The first-order chi connectivity index (χ1) is 14.3. The van der Waals surface area contributed by atoms with Gasteiger partial charge >= 0.3 is 0 Å². The van der Waals surface area contributed by atoms with Crippen LogP contribution >= 0.6 is 0 Å². The molecule has 1 aliphatic heterocycles. The van der Waals surface area contributed by atoms with Crippen molar-refractivity contribution in [1.82, 2.24) is 9.88 Å². The molecule has 0 spiro atoms. The lowest BCUT2D eigenvalue weighted by Gasteiger charge is -2.26. The van der Waals surface area contributed by atoms with Gasteiger partial charge in [0.1, 0.15) is 0 Å². The molecule has 2 aromatic carbocycles. The van der Waals surface area contributed by atoms with Gasteiger partial charge in [-0.3, -0.25) is 9.88 Å². The zero-order chi connectivity index (χ0) is 19.6. The van der Waals surface area contributed by atoms with Gasteiger partial charge in [0, 0.05) is 31.2 Å². The van der Waals surface area contributed by atoms with E-state index >= 15 is 0 Å². The second-order valence-corrected chi connectivity index (χ2v) is 7.83. The van der Waals surface area contributed by atoms with Crippen LogP contribution in [0.1, 0.15) is 30.0 Å². The Labute approximate surface area is 172 Å². The van der Waals surface area contributed by atoms with E-state index in [-0.39, 0.29) is 0 Å². The van der Waals surface area contributed by atoms with E-state index in [9.17, 15) is 0 Å². The number of fused-ring (bicyclic) bond motifs is 2. The fourth-order valence-electron chi connectivity index (χ4n) is 4.55. The van der Waals surface area contributed by atoms with E-state index in [1.165, 1.54) is 38.8 Å². The van der Waals surface area contributed by atoms with Crippen molar-refractivity contribution in [3.05, 3.63) is 83.1 Å². The Kier molecular flexibility index (Phi) is 5.01. The van der Waals surface area contributed by atoms with Crippen molar-refractivity contribution in [1.29, 1.82) is 0 Å². The van der Waals surface area contributed by atoms with E-state index in [1.807, 2.05) is 12.3 Å². The third-order valence-corrected chi connectivity index (χ3v) is 6.16. The van der Waals surface area contributed by atoms with Crippen LogP contribution < -0.4 is 0 Å². The van der Waals surface area contributed by atoms with E-state index in [4.69, 9.17) is 4.74 Å². The first-order valence-corrected chi connectivity index (χ1v) is 10.5. The third-order valence-electron chi connectivity index (χ3n) is 6.16. The van der Waals surface area contributed by atoms with E-state index in [2.05, 4.69) is 71.4 Å². The van der Waals surface area contributed by atoms with Gasteiger partial charge in [0.15, 0.2) is 0 Å². The van der Waals surface area contributed by atoms with Crippen molar-refractivity contribution in [2.75, 3.05) is 32.8 Å². The first kappa shape index (κ1) is 18.3. The number of para-hydroxylation sites is 1. The minimum Gasteiger partial charge on any atom is -0.379 e. The molecule has 2 heterocycles. The van der Waals surface area contributed by atoms with Crippen molar-refractivity contribution in [3.8, 4) is 0 Å². The largest absolute Gasteiger partial charge is 0.379 e. The van der Waals surface area contributed by atoms with Gasteiger partial charge in [-0.15, -0.1) is 0 Å². The maximum absolute atomic E-state index is 5.50. The number of hydrogen-bond acceptors (Lipinski definition) is 3. The van der Waals surface area contributed by atoms with Gasteiger partial charge < -0.3 is 4.74 Å². The second kappa shape index (κ2) is 7.94. The fraction of sp³-hybridized carbons (Fsp3) is 0.269. The molecule has 2 aliphatic rings. The molecule has 1 aliphatic carbocycles. The summed E-state index contributed by atoms with van der Waals surface area (Å²) in [5.41, 5.74) is 9.24. The molecule has 3 aromatic rings. The van der Waals surface area contributed by atoms with Crippen LogP contribution in [-0.4, -0.2) is 42.7 Å². The number of ether oxygens (including phenoxy) is 1. The SMILES string of the molecule is CC1=C(CCN2CCOCC2)c2ccccc2/C1=C/c1ccnc2ccccc12. The Morgan fingerprint density at radius 2 is 1.72 bits per heavy atom. The Morgan fingerprint density at radius 3 is 2.59 bits per heavy atom. The highest BCUT2D eigenvalue weighted by atomic mass is 16.5. The standard InChI is InChI=1S/C26H26N2O/c1-19-21(11-13-28-14-16-29-17-15-28)23-7-2-3-8-24(23)25(19)18-20-10-12-27-26-9-5-4-6-22(20)26/h2-10,12,18H,11,13-17H2,1H3/b25-18+. The van der Waals surface area contributed by atoms with Crippen molar-refractivity contribution < 1.29 is 4.74 Å². The number of benzene rings is 2. The zero-order valence-electron chi connectivity index (χ0n) is 16.9. The van der Waals surface area contributed by atoms with E-state index < -0.39 is 0 Å². The van der Waals surface area contributed by atoms with Crippen LogP contribution in [-0.2, 0) is 4.74 Å². The van der Waals surface area contributed by atoms with Gasteiger partial charge in [-0.05, 0) is 65.0 Å². The number of allylic oxidation sites excluding steroid dienone is 2. The van der Waals surface area contributed by atoms with Crippen LogP contribution in [0.3, 0.4) is 0 Å². The molecule has 3 heteroatoms. The minimum atomic E-state index is 0.856. The van der Waals surface area contributed by atoms with Crippen LogP contribution in [0.15, 0.2) is 66.4 Å². The summed E-state index contributed by atoms with van der Waals surface area (Å²) in [5.74, 6) is 0. The molecule has 0 saturated carbocycles. The van der Waals surface area contributed by atoms with Gasteiger partial charge in [-0.2, -0.15) is 0 Å². The van der Waals surface area contributed by atoms with Gasteiger partial charge in [0.2, 0.25) is 0 Å². The Bertz CT molecular complexity index is 1100. The average molecular weight is 383 g/mol. The van der Waals surface area contributed by atoms with E-state index in [0.29, 0.717) is 0 Å². The Balaban J connectivity index is 1.53. The summed E-state index contributed by atoms with van der Waals surface area (Å²) in [7, 11) is 0. The quantitative estimate of drug-likeness (QED) is 0.613. The van der Waals surface area contributed by atoms with Gasteiger partial charge in [0.25, 0.3) is 0 Å². The summed E-state index contributed by atoms with van der Waals surface area (Å²) in [4.78, 5) is 7.04. The highest BCUT2D eigenvalue weighted by molar-refractivity contribution is 6.07. The smallest absolute Gasteiger partial charge is 0.0707 e. The zero-order valence-corrected chi connectivity index (χ0v) is 16.9. The maximum Gasteiger partial charge on any atom is 0.0707 e. The molecule has 3 nitrogen and oxygen atoms in total. The molecular formula is C26H26N2O. The van der Waals surface area contributed by atoms with Crippen molar-refractivity contribution >= 4 is 28.1 Å². The van der Waals surface area contributed by atoms with Crippen LogP contribution in [0.5, 0.6) is 0 Å². The molecular weight excluding hydrogens is 356 g/mol. The lowest BCUT2D eigenvalue weighted by molar-refractivity contribution is 0.0390. The Hall–Kier alpha value is -2.75. The normalized spacial score (nSPS) is 18.6. The van der Waals surface area contributed by atoms with Crippen LogP contribution in [0.25, 0.3) is 28.1 Å². The molecule has 0 unspecified atom stereocenters. The number of rotatable bonds is 4. The summed E-state index contributed by atoms with van der Waals surface area (Å²) in [6.45, 7) is 7.17. The van der Waals surface area contributed by atoms with Crippen molar-refractivity contribution in [2.24, 2.45) is 0 Å². The minimum absolute atomic E-state index is 0.856. The summed E-state index contributed by atoms with van der Waals surface area (Å²) in [6.07, 6.45) is 5.34. The summed E-state index contributed by atoms with van der Waals surface area (Å²) in [5, 5.41) is 1.20. The monoisotopic (exact) mass is 382 g/mol. The summed E-state index contributed by atoms with van der Waals surface area (Å²) >= 11 is 0. The van der Waals surface area contributed by atoms with Gasteiger partial charge in [-0.25, -0.2) is 0 Å². The number of nitrogens with zero attached hydrogens (tertiary/aromatic N) is 2. The topological polar surface area (TPSA) is 25.4 Å². The molecule has 1 aromatic heterocycles. The van der Waals surface area contributed by atoms with Gasteiger partial charge in [0.05, 0.1) is 18.7 Å². The molecule has 0 radical (unpaired) electrons. The number of hydrogen-bond donors (Lipinski definition) is 0. The van der Waals surface area contributed by atoms with Crippen LogP contribution in [0.2, 0.25) is 0 Å². The van der Waals surface area contributed by atoms with Crippen LogP contribution in [0, 0.1) is 0 Å². The summed E-state index contributed by atoms with van der Waals surface area (Å²) in [6, 6.07) is 19.3. The molecule has 0 atom stereocenters. The third kappa shape index (κ3) is 3.52. The van der Waals surface area contributed by atoms with E-state index in [1.54, 1.807) is 0 Å². The molecule has 0 N–H and O–H groups in total.